The van der Waals surface area contributed by atoms with Gasteiger partial charge in [-0.1, -0.05) is 0 Å². The van der Waals surface area contributed by atoms with E-state index >= 15 is 0 Å². The first kappa shape index (κ1) is 11.7. The van der Waals surface area contributed by atoms with Crippen molar-refractivity contribution in [2.75, 3.05) is 0 Å². The molecule has 5 nitrogen and oxygen atoms in total. The van der Waals surface area contributed by atoms with Gasteiger partial charge < -0.3 is 20.5 Å². The minimum atomic E-state index is -0.734. The number of fused-ring (bicyclic) bond motifs is 1. The van der Waals surface area contributed by atoms with E-state index in [2.05, 4.69) is 10.3 Å². The fourth-order valence-electron chi connectivity index (χ4n) is 2.35. The van der Waals surface area contributed by atoms with Gasteiger partial charge in [-0.15, -0.1) is 11.3 Å². The number of thiophene rings is 1. The number of aromatic amines is 1. The third-order valence-electron chi connectivity index (χ3n) is 3.32. The predicted octanol–water partition coefficient (Wildman–Crippen LogP) is 0.843. The molecule has 0 saturated heterocycles. The van der Waals surface area contributed by atoms with Crippen LogP contribution in [0, 0.1) is 0 Å². The summed E-state index contributed by atoms with van der Waals surface area (Å²) in [4.78, 5) is 15.0. The number of amides is 1. The van der Waals surface area contributed by atoms with Gasteiger partial charge in [-0.2, -0.15) is 0 Å². The summed E-state index contributed by atoms with van der Waals surface area (Å²) in [5.41, 5.74) is 1.48. The summed E-state index contributed by atoms with van der Waals surface area (Å²) in [6.07, 6.45) is -0.658. The third-order valence-corrected chi connectivity index (χ3v) is 4.18. The summed E-state index contributed by atoms with van der Waals surface area (Å²) in [6, 6.07) is 3.58. The SMILES string of the molecule is O=C(NC1C[C@@H](O)[C@@H](O)C1)c1cc2sccc2[nH]1. The topological polar surface area (TPSA) is 85.3 Å². The molecule has 0 aromatic carbocycles. The van der Waals surface area contributed by atoms with E-state index in [4.69, 9.17) is 0 Å². The normalized spacial score (nSPS) is 27.8. The average Bonchev–Trinajstić information content (AvgIpc) is 2.94. The Kier molecular flexibility index (Phi) is 2.85. The van der Waals surface area contributed by atoms with Crippen molar-refractivity contribution >= 4 is 27.5 Å². The van der Waals surface area contributed by atoms with Crippen molar-refractivity contribution in [3.05, 3.63) is 23.2 Å². The molecule has 3 rings (SSSR count). The van der Waals surface area contributed by atoms with E-state index in [-0.39, 0.29) is 11.9 Å². The van der Waals surface area contributed by atoms with E-state index in [1.165, 1.54) is 0 Å². The van der Waals surface area contributed by atoms with Crippen LogP contribution in [0.5, 0.6) is 0 Å². The predicted molar refractivity (Wildman–Crippen MR) is 68.7 cm³/mol. The van der Waals surface area contributed by atoms with Crippen LogP contribution in [-0.4, -0.2) is 39.4 Å². The van der Waals surface area contributed by atoms with Crippen molar-refractivity contribution in [2.45, 2.75) is 31.1 Å². The summed E-state index contributed by atoms with van der Waals surface area (Å²) >= 11 is 1.58. The second-order valence-corrected chi connectivity index (χ2v) is 5.61. The summed E-state index contributed by atoms with van der Waals surface area (Å²) in [5.74, 6) is -0.190. The van der Waals surface area contributed by atoms with Gasteiger partial charge in [-0.25, -0.2) is 0 Å². The Hall–Kier alpha value is -1.37. The minimum absolute atomic E-state index is 0.163. The molecule has 1 amide bonds. The van der Waals surface area contributed by atoms with Crippen molar-refractivity contribution in [1.29, 1.82) is 0 Å². The number of aliphatic hydroxyl groups excluding tert-OH is 2. The van der Waals surface area contributed by atoms with Crippen LogP contribution in [0.15, 0.2) is 17.5 Å². The van der Waals surface area contributed by atoms with Gasteiger partial charge in [-0.05, 0) is 30.4 Å². The zero-order chi connectivity index (χ0) is 12.7. The summed E-state index contributed by atoms with van der Waals surface area (Å²) in [5, 5.41) is 23.6. The lowest BCUT2D eigenvalue weighted by Gasteiger charge is -2.10. The fourth-order valence-corrected chi connectivity index (χ4v) is 3.13. The molecule has 1 saturated carbocycles. The molecule has 6 heteroatoms. The van der Waals surface area contributed by atoms with Gasteiger partial charge in [0.2, 0.25) is 0 Å². The monoisotopic (exact) mass is 266 g/mol. The summed E-state index contributed by atoms with van der Waals surface area (Å²) in [6.45, 7) is 0. The Morgan fingerprint density at radius 3 is 2.78 bits per heavy atom. The molecule has 0 bridgehead atoms. The Labute approximate surface area is 107 Å². The number of hydrogen-bond acceptors (Lipinski definition) is 4. The van der Waals surface area contributed by atoms with Crippen molar-refractivity contribution in [3.63, 3.8) is 0 Å². The Morgan fingerprint density at radius 1 is 1.39 bits per heavy atom. The lowest BCUT2D eigenvalue weighted by atomic mass is 10.2. The van der Waals surface area contributed by atoms with Crippen LogP contribution in [0.1, 0.15) is 23.3 Å². The van der Waals surface area contributed by atoms with Gasteiger partial charge in [-0.3, -0.25) is 4.79 Å². The Balaban J connectivity index is 1.70. The molecule has 1 aliphatic carbocycles. The number of aromatic nitrogens is 1. The smallest absolute Gasteiger partial charge is 0.267 e. The van der Waals surface area contributed by atoms with Gasteiger partial charge in [0, 0.05) is 6.04 Å². The molecule has 2 aromatic rings. The Bertz CT molecular complexity index is 538. The van der Waals surface area contributed by atoms with Gasteiger partial charge in [0.15, 0.2) is 0 Å². The number of carbonyl (C=O) groups is 1. The quantitative estimate of drug-likeness (QED) is 0.650. The molecular formula is C12H14N2O3S. The van der Waals surface area contributed by atoms with E-state index in [1.807, 2.05) is 17.5 Å². The Morgan fingerprint density at radius 2 is 2.11 bits per heavy atom. The van der Waals surface area contributed by atoms with E-state index < -0.39 is 12.2 Å². The molecule has 1 fully saturated rings. The van der Waals surface area contributed by atoms with Gasteiger partial charge in [0.1, 0.15) is 5.69 Å². The number of H-pyrrole nitrogens is 1. The van der Waals surface area contributed by atoms with Crippen LogP contribution in [0.25, 0.3) is 10.2 Å². The highest BCUT2D eigenvalue weighted by Crippen LogP contribution is 2.23. The zero-order valence-corrected chi connectivity index (χ0v) is 10.4. The molecule has 18 heavy (non-hydrogen) atoms. The van der Waals surface area contributed by atoms with Crippen LogP contribution < -0.4 is 5.32 Å². The van der Waals surface area contributed by atoms with Crippen LogP contribution in [0.4, 0.5) is 0 Å². The van der Waals surface area contributed by atoms with Crippen molar-refractivity contribution in [3.8, 4) is 0 Å². The molecule has 0 spiro atoms. The molecule has 96 valence electrons. The first-order valence-electron chi connectivity index (χ1n) is 5.86. The third kappa shape index (κ3) is 2.03. The number of aliphatic hydroxyl groups is 2. The fraction of sp³-hybridized carbons (Fsp3) is 0.417. The molecule has 2 heterocycles. The highest BCUT2D eigenvalue weighted by Gasteiger charge is 2.32. The zero-order valence-electron chi connectivity index (χ0n) is 9.59. The van der Waals surface area contributed by atoms with Gasteiger partial charge >= 0.3 is 0 Å². The standard InChI is InChI=1S/C12H14N2O3S/c15-9-3-6(4-10(9)16)13-12(17)8-5-11-7(14-8)1-2-18-11/h1-2,5-6,9-10,14-16H,3-4H2,(H,13,17)/t6?,9-,10+. The van der Waals surface area contributed by atoms with Crippen LogP contribution in [0.2, 0.25) is 0 Å². The van der Waals surface area contributed by atoms with Crippen molar-refractivity contribution in [2.24, 2.45) is 0 Å². The maximum Gasteiger partial charge on any atom is 0.267 e. The molecule has 1 unspecified atom stereocenters. The average molecular weight is 266 g/mol. The van der Waals surface area contributed by atoms with E-state index in [0.717, 1.165) is 10.2 Å². The minimum Gasteiger partial charge on any atom is -0.390 e. The van der Waals surface area contributed by atoms with E-state index in [9.17, 15) is 15.0 Å². The first-order valence-corrected chi connectivity index (χ1v) is 6.74. The highest BCUT2D eigenvalue weighted by molar-refractivity contribution is 7.17. The maximum absolute atomic E-state index is 12.0. The summed E-state index contributed by atoms with van der Waals surface area (Å²) < 4.78 is 1.05. The van der Waals surface area contributed by atoms with E-state index in [0.29, 0.717) is 18.5 Å². The number of nitrogens with one attached hydrogen (secondary N) is 2. The molecule has 4 N–H and O–H groups in total. The highest BCUT2D eigenvalue weighted by atomic mass is 32.1. The summed E-state index contributed by atoms with van der Waals surface area (Å²) in [7, 11) is 0. The largest absolute Gasteiger partial charge is 0.390 e. The molecule has 0 aliphatic heterocycles. The van der Waals surface area contributed by atoms with Gasteiger partial charge in [0.25, 0.3) is 5.91 Å². The maximum atomic E-state index is 12.0. The van der Waals surface area contributed by atoms with E-state index in [1.54, 1.807) is 11.3 Å². The van der Waals surface area contributed by atoms with Crippen LogP contribution >= 0.6 is 11.3 Å². The lowest BCUT2D eigenvalue weighted by Crippen LogP contribution is -2.33. The van der Waals surface area contributed by atoms with Crippen molar-refractivity contribution in [1.82, 2.24) is 10.3 Å². The molecule has 0 radical (unpaired) electrons. The van der Waals surface area contributed by atoms with Crippen LogP contribution in [-0.2, 0) is 0 Å². The lowest BCUT2D eigenvalue weighted by molar-refractivity contribution is 0.0438. The second kappa shape index (κ2) is 4.38. The number of hydrogen-bond donors (Lipinski definition) is 4. The first-order chi connectivity index (χ1) is 8.63. The van der Waals surface area contributed by atoms with Gasteiger partial charge in [0.05, 0.1) is 22.4 Å². The molecular weight excluding hydrogens is 252 g/mol. The van der Waals surface area contributed by atoms with Crippen molar-refractivity contribution < 1.29 is 15.0 Å². The second-order valence-electron chi connectivity index (χ2n) is 4.66. The molecule has 3 atom stereocenters. The molecule has 2 aromatic heterocycles. The molecule has 1 aliphatic rings. The number of carbonyl (C=O) groups excluding carboxylic acids is 1. The van der Waals surface area contributed by atoms with Crippen LogP contribution in [0.3, 0.4) is 0 Å². The number of rotatable bonds is 2.